The number of aryl methyl sites for hydroxylation is 1. The van der Waals surface area contributed by atoms with Gasteiger partial charge in [-0.2, -0.15) is 0 Å². The van der Waals surface area contributed by atoms with Gasteiger partial charge in [-0.3, -0.25) is 0 Å². The van der Waals surface area contributed by atoms with Crippen LogP contribution in [0, 0.1) is 13.0 Å². The van der Waals surface area contributed by atoms with Crippen LogP contribution in [0.15, 0.2) is 0 Å². The van der Waals surface area contributed by atoms with E-state index in [9.17, 15) is 0 Å². The number of aromatic nitrogens is 1. The predicted molar refractivity (Wildman–Crippen MR) is 51.1 cm³/mol. The maximum absolute atomic E-state index is 5.40. The fourth-order valence-electron chi connectivity index (χ4n) is 1.69. The Hall–Kier alpha value is 0.0539. The fourth-order valence-corrected chi connectivity index (χ4v) is 1.69. The van der Waals surface area contributed by atoms with Crippen LogP contribution in [-0.4, -0.2) is 11.6 Å². The summed E-state index contributed by atoms with van der Waals surface area (Å²) in [6, 6.07) is 3.25. The molecule has 2 rings (SSSR count). The van der Waals surface area contributed by atoms with E-state index in [2.05, 4.69) is 24.9 Å². The van der Waals surface area contributed by atoms with Crippen molar-refractivity contribution in [2.24, 2.45) is 0 Å². The number of fused-ring (bicyclic) bond motifs is 1. The second-order valence-electron chi connectivity index (χ2n) is 3.78. The summed E-state index contributed by atoms with van der Waals surface area (Å²) in [5.74, 6) is 1.34. The van der Waals surface area contributed by atoms with Gasteiger partial charge in [0.25, 0.3) is 0 Å². The van der Waals surface area contributed by atoms with E-state index in [0.717, 1.165) is 35.7 Å². The molecule has 1 radical (unpaired) electrons. The Labute approximate surface area is 110 Å². The van der Waals surface area contributed by atoms with E-state index in [0.29, 0.717) is 5.92 Å². The van der Waals surface area contributed by atoms with Gasteiger partial charge in [0.15, 0.2) is 0 Å². The van der Waals surface area contributed by atoms with Crippen molar-refractivity contribution in [3.8, 4) is 5.75 Å². The number of ether oxygens (including phenoxy) is 1. The summed E-state index contributed by atoms with van der Waals surface area (Å²) >= 11 is 0. The van der Waals surface area contributed by atoms with E-state index < -0.39 is 0 Å². The quantitative estimate of drug-likeness (QED) is 0.726. The van der Waals surface area contributed by atoms with Crippen molar-refractivity contribution in [2.45, 2.75) is 33.1 Å². The Balaban J connectivity index is 0.000000980. The zero-order valence-electron chi connectivity index (χ0n) is 8.92. The Morgan fingerprint density at radius 1 is 1.43 bits per heavy atom. The van der Waals surface area contributed by atoms with Gasteiger partial charge < -0.3 is 9.72 Å². The van der Waals surface area contributed by atoms with Crippen LogP contribution in [0.2, 0.25) is 0 Å². The molecule has 1 aliphatic rings. The van der Waals surface area contributed by atoms with Gasteiger partial charge in [-0.05, 0) is 12.1 Å². The van der Waals surface area contributed by atoms with Crippen molar-refractivity contribution in [3.05, 3.63) is 23.0 Å². The molecule has 0 bridgehead atoms. The van der Waals surface area contributed by atoms with Gasteiger partial charge in [-0.15, -0.1) is 11.6 Å². The van der Waals surface area contributed by atoms with E-state index in [1.54, 1.807) is 0 Å². The van der Waals surface area contributed by atoms with E-state index in [-0.39, 0.29) is 32.7 Å². The Morgan fingerprint density at radius 3 is 2.79 bits per heavy atom. The normalized spacial score (nSPS) is 13.4. The molecule has 0 aromatic carbocycles. The molecule has 1 aromatic heterocycles. The van der Waals surface area contributed by atoms with Gasteiger partial charge in [-0.25, -0.2) is 0 Å². The van der Waals surface area contributed by atoms with Crippen LogP contribution in [0.3, 0.4) is 0 Å². The molecule has 0 spiro atoms. The first-order valence-electron chi connectivity index (χ1n) is 4.74. The predicted octanol–water partition coefficient (Wildman–Crippen LogP) is 2.25. The van der Waals surface area contributed by atoms with Crippen molar-refractivity contribution < 1.29 is 37.4 Å². The second kappa shape index (κ2) is 4.72. The van der Waals surface area contributed by atoms with E-state index in [4.69, 9.17) is 4.74 Å². The molecule has 73 valence electrons. The average Bonchev–Trinajstić information content (AvgIpc) is 2.48. The number of hydrogen-bond acceptors (Lipinski definition) is 2. The molecular formula is C11H14NOY-. The summed E-state index contributed by atoms with van der Waals surface area (Å²) in [5, 5.41) is 0. The Morgan fingerprint density at radius 2 is 2.14 bits per heavy atom. The number of pyridine rings is 1. The summed E-state index contributed by atoms with van der Waals surface area (Å²) in [7, 11) is 0. The van der Waals surface area contributed by atoms with E-state index >= 15 is 0 Å². The van der Waals surface area contributed by atoms with E-state index in [1.165, 1.54) is 0 Å². The molecule has 0 amide bonds. The minimum Gasteiger partial charge on any atom is -0.518 e. The van der Waals surface area contributed by atoms with Crippen molar-refractivity contribution >= 4 is 0 Å². The largest absolute Gasteiger partial charge is 0.518 e. The van der Waals surface area contributed by atoms with Crippen LogP contribution in [0.1, 0.15) is 36.7 Å². The average molecular weight is 265 g/mol. The molecule has 0 atom stereocenters. The standard InChI is InChI=1S/C11H14NO.Y/c1-7(2)11-8(3)6-10-9(12-11)4-5-13-10;/h7H,4-5H2,1-3H3;/q-1;. The van der Waals surface area contributed by atoms with Crippen LogP contribution < -0.4 is 4.74 Å². The summed E-state index contributed by atoms with van der Waals surface area (Å²) in [6.45, 7) is 7.13. The second-order valence-corrected chi connectivity index (χ2v) is 3.78. The first-order chi connectivity index (χ1) is 6.18. The molecule has 2 nitrogen and oxygen atoms in total. The number of rotatable bonds is 1. The third-order valence-electron chi connectivity index (χ3n) is 2.33. The van der Waals surface area contributed by atoms with Gasteiger partial charge in [0, 0.05) is 38.5 Å². The molecule has 0 saturated heterocycles. The monoisotopic (exact) mass is 265 g/mol. The van der Waals surface area contributed by atoms with Gasteiger partial charge in [0.05, 0.1) is 6.61 Å². The minimum absolute atomic E-state index is 0. The van der Waals surface area contributed by atoms with Gasteiger partial charge in [0.2, 0.25) is 0 Å². The smallest absolute Gasteiger partial charge is 0.0803 e. The van der Waals surface area contributed by atoms with Crippen molar-refractivity contribution in [3.63, 3.8) is 0 Å². The van der Waals surface area contributed by atoms with Gasteiger partial charge >= 0.3 is 0 Å². The summed E-state index contributed by atoms with van der Waals surface area (Å²) < 4.78 is 5.40. The fraction of sp³-hybridized carbons (Fsp3) is 0.545. The number of nitrogens with zero attached hydrogens (tertiary/aromatic N) is 1. The maximum atomic E-state index is 5.40. The third-order valence-corrected chi connectivity index (χ3v) is 2.33. The summed E-state index contributed by atoms with van der Waals surface area (Å²) in [6.07, 6.45) is 0.936. The first-order valence-corrected chi connectivity index (χ1v) is 4.74. The first kappa shape index (κ1) is 12.1. The molecule has 3 heteroatoms. The maximum Gasteiger partial charge on any atom is 0.0803 e. The van der Waals surface area contributed by atoms with Crippen molar-refractivity contribution in [2.75, 3.05) is 6.61 Å². The molecule has 2 heterocycles. The molecule has 0 N–H and O–H groups in total. The van der Waals surface area contributed by atoms with Crippen LogP contribution in [0.25, 0.3) is 0 Å². The van der Waals surface area contributed by atoms with Crippen molar-refractivity contribution in [1.29, 1.82) is 0 Å². The van der Waals surface area contributed by atoms with Crippen LogP contribution >= 0.6 is 0 Å². The van der Waals surface area contributed by atoms with Crippen LogP contribution in [0.5, 0.6) is 5.75 Å². The summed E-state index contributed by atoms with van der Waals surface area (Å²) in [5.41, 5.74) is 3.36. The SMILES string of the molecule is Cc1[c-]c2c(nc1C(C)C)CCO2.[Y]. The summed E-state index contributed by atoms with van der Waals surface area (Å²) in [4.78, 5) is 4.60. The molecular weight excluding hydrogens is 251 g/mol. The van der Waals surface area contributed by atoms with Gasteiger partial charge in [0.1, 0.15) is 0 Å². The number of hydrogen-bond donors (Lipinski definition) is 0. The van der Waals surface area contributed by atoms with Crippen LogP contribution in [-0.2, 0) is 39.1 Å². The molecule has 0 unspecified atom stereocenters. The molecule has 14 heavy (non-hydrogen) atoms. The van der Waals surface area contributed by atoms with Crippen LogP contribution in [0.4, 0.5) is 0 Å². The minimum atomic E-state index is 0. The zero-order chi connectivity index (χ0) is 9.42. The van der Waals surface area contributed by atoms with E-state index in [1.807, 2.05) is 6.92 Å². The van der Waals surface area contributed by atoms with Gasteiger partial charge in [-0.1, -0.05) is 32.4 Å². The topological polar surface area (TPSA) is 22.1 Å². The molecule has 0 aliphatic carbocycles. The molecule has 1 aromatic rings. The van der Waals surface area contributed by atoms with Crippen molar-refractivity contribution in [1.82, 2.24) is 4.98 Å². The Kier molecular flexibility index (Phi) is 4.08. The molecule has 0 saturated carbocycles. The third kappa shape index (κ3) is 2.17. The zero-order valence-corrected chi connectivity index (χ0v) is 11.8. The molecule has 1 aliphatic heterocycles. The molecule has 0 fully saturated rings. The Bertz CT molecular complexity index is 336.